The summed E-state index contributed by atoms with van der Waals surface area (Å²) in [5, 5.41) is 3.43. The molecule has 0 radical (unpaired) electrons. The number of hydrogen-bond donors (Lipinski definition) is 1. The molecule has 0 aromatic carbocycles. The molecule has 0 amide bonds. The van der Waals surface area contributed by atoms with Gasteiger partial charge in [-0.05, 0) is 29.3 Å². The van der Waals surface area contributed by atoms with Gasteiger partial charge in [-0.1, -0.05) is 26.2 Å². The van der Waals surface area contributed by atoms with Crippen LogP contribution in [-0.2, 0) is 6.54 Å². The van der Waals surface area contributed by atoms with Gasteiger partial charge in [0.15, 0.2) is 0 Å². The number of halogens is 1. The lowest BCUT2D eigenvalue weighted by Gasteiger charge is -2.14. The van der Waals surface area contributed by atoms with Gasteiger partial charge in [0.05, 0.1) is 6.33 Å². The fourth-order valence-electron chi connectivity index (χ4n) is 1.82. The molecule has 0 bridgehead atoms. The topological polar surface area (TPSA) is 46.9 Å². The van der Waals surface area contributed by atoms with E-state index in [1.807, 2.05) is 0 Å². The first-order valence-electron chi connectivity index (χ1n) is 6.58. The minimum absolute atomic E-state index is 0.0227. The molecule has 1 rings (SSSR count). The van der Waals surface area contributed by atoms with Gasteiger partial charge in [-0.15, -0.1) is 0 Å². The zero-order chi connectivity index (χ0) is 13.4. The quantitative estimate of drug-likeness (QED) is 0.750. The molecule has 4 nitrogen and oxygen atoms in total. The van der Waals surface area contributed by atoms with Gasteiger partial charge in [-0.2, -0.15) is 0 Å². The number of hydrogen-bond acceptors (Lipinski definition) is 3. The van der Waals surface area contributed by atoms with E-state index in [9.17, 15) is 4.79 Å². The highest BCUT2D eigenvalue weighted by Crippen LogP contribution is 2.02. The Labute approximate surface area is 117 Å². The van der Waals surface area contributed by atoms with Crippen molar-refractivity contribution in [1.82, 2.24) is 14.9 Å². The standard InChI is InChI=1S/C13H22BrN3O/c1-3-4-5-6-11(2)16-7-8-17-10-15-9-12(14)13(17)18/h9-11,16H,3-8H2,1-2H3. The lowest BCUT2D eigenvalue weighted by molar-refractivity contribution is 0.466. The molecule has 102 valence electrons. The summed E-state index contributed by atoms with van der Waals surface area (Å²) in [5.41, 5.74) is -0.0227. The summed E-state index contributed by atoms with van der Waals surface area (Å²) < 4.78 is 2.14. The maximum absolute atomic E-state index is 11.7. The highest BCUT2D eigenvalue weighted by molar-refractivity contribution is 9.10. The molecule has 1 atom stereocenters. The summed E-state index contributed by atoms with van der Waals surface area (Å²) in [6.07, 6.45) is 8.12. The van der Waals surface area contributed by atoms with Gasteiger partial charge in [0.2, 0.25) is 0 Å². The van der Waals surface area contributed by atoms with Gasteiger partial charge in [0.1, 0.15) is 4.47 Å². The second-order valence-corrected chi connectivity index (χ2v) is 5.45. The highest BCUT2D eigenvalue weighted by atomic mass is 79.9. The van der Waals surface area contributed by atoms with Crippen molar-refractivity contribution in [3.63, 3.8) is 0 Å². The van der Waals surface area contributed by atoms with Crippen molar-refractivity contribution in [3.05, 3.63) is 27.4 Å². The van der Waals surface area contributed by atoms with Crippen LogP contribution in [-0.4, -0.2) is 22.1 Å². The van der Waals surface area contributed by atoms with Crippen LogP contribution >= 0.6 is 15.9 Å². The lowest BCUT2D eigenvalue weighted by atomic mass is 10.1. The number of unbranched alkanes of at least 4 members (excludes halogenated alkanes) is 2. The average molecular weight is 316 g/mol. The van der Waals surface area contributed by atoms with Gasteiger partial charge < -0.3 is 5.32 Å². The summed E-state index contributed by atoms with van der Waals surface area (Å²) in [5.74, 6) is 0. The van der Waals surface area contributed by atoms with E-state index >= 15 is 0 Å². The summed E-state index contributed by atoms with van der Waals surface area (Å²) in [6.45, 7) is 5.86. The molecule has 5 heteroatoms. The van der Waals surface area contributed by atoms with Crippen LogP contribution in [0.15, 0.2) is 21.8 Å². The van der Waals surface area contributed by atoms with E-state index in [0.717, 1.165) is 6.54 Å². The molecule has 0 saturated carbocycles. The van der Waals surface area contributed by atoms with E-state index in [0.29, 0.717) is 17.1 Å². The first-order chi connectivity index (χ1) is 8.65. The Balaban J connectivity index is 2.29. The largest absolute Gasteiger partial charge is 0.312 e. The first-order valence-corrected chi connectivity index (χ1v) is 7.37. The molecule has 1 aromatic rings. The van der Waals surface area contributed by atoms with E-state index in [1.54, 1.807) is 10.9 Å². The molecular weight excluding hydrogens is 294 g/mol. The summed E-state index contributed by atoms with van der Waals surface area (Å²) >= 11 is 3.19. The Morgan fingerprint density at radius 2 is 2.28 bits per heavy atom. The maximum atomic E-state index is 11.7. The summed E-state index contributed by atoms with van der Waals surface area (Å²) in [7, 11) is 0. The van der Waals surface area contributed by atoms with Crippen LogP contribution in [0.3, 0.4) is 0 Å². The van der Waals surface area contributed by atoms with Crippen LogP contribution in [0.4, 0.5) is 0 Å². The zero-order valence-corrected chi connectivity index (χ0v) is 12.7. The van der Waals surface area contributed by atoms with Crippen molar-refractivity contribution in [1.29, 1.82) is 0 Å². The van der Waals surface area contributed by atoms with Crippen molar-refractivity contribution in [2.45, 2.75) is 52.1 Å². The fourth-order valence-corrected chi connectivity index (χ4v) is 2.16. The molecule has 1 aromatic heterocycles. The van der Waals surface area contributed by atoms with Crippen molar-refractivity contribution in [2.24, 2.45) is 0 Å². The number of rotatable bonds is 8. The molecular formula is C13H22BrN3O. The molecule has 0 fully saturated rings. The molecule has 0 aliphatic rings. The average Bonchev–Trinajstić information content (AvgIpc) is 2.35. The van der Waals surface area contributed by atoms with E-state index in [1.165, 1.54) is 31.9 Å². The Hall–Kier alpha value is -0.680. The van der Waals surface area contributed by atoms with Crippen molar-refractivity contribution in [2.75, 3.05) is 6.54 Å². The van der Waals surface area contributed by atoms with E-state index in [4.69, 9.17) is 0 Å². The summed E-state index contributed by atoms with van der Waals surface area (Å²) in [6, 6.07) is 0.507. The van der Waals surface area contributed by atoms with Gasteiger partial charge in [0, 0.05) is 25.3 Å². The molecule has 1 N–H and O–H groups in total. The minimum atomic E-state index is -0.0227. The lowest BCUT2D eigenvalue weighted by Crippen LogP contribution is -2.32. The molecule has 1 heterocycles. The second kappa shape index (κ2) is 8.43. The molecule has 1 unspecified atom stereocenters. The fraction of sp³-hybridized carbons (Fsp3) is 0.692. The second-order valence-electron chi connectivity index (χ2n) is 4.59. The highest BCUT2D eigenvalue weighted by Gasteiger charge is 2.03. The molecule has 0 aliphatic carbocycles. The third-order valence-corrected chi connectivity index (χ3v) is 3.49. The smallest absolute Gasteiger partial charge is 0.267 e. The monoisotopic (exact) mass is 315 g/mol. The first kappa shape index (κ1) is 15.4. The number of nitrogens with one attached hydrogen (secondary N) is 1. The van der Waals surface area contributed by atoms with E-state index < -0.39 is 0 Å². The van der Waals surface area contributed by atoms with Gasteiger partial charge in [0.25, 0.3) is 5.56 Å². The normalized spacial score (nSPS) is 12.6. The molecule has 0 aliphatic heterocycles. The number of aromatic nitrogens is 2. The number of nitrogens with zero attached hydrogens (tertiary/aromatic N) is 2. The van der Waals surface area contributed by atoms with Crippen LogP contribution in [0.5, 0.6) is 0 Å². The minimum Gasteiger partial charge on any atom is -0.312 e. The van der Waals surface area contributed by atoms with Gasteiger partial charge in [-0.25, -0.2) is 4.98 Å². The predicted molar refractivity (Wildman–Crippen MR) is 77.8 cm³/mol. The Kier molecular flexibility index (Phi) is 7.20. The van der Waals surface area contributed by atoms with Crippen LogP contribution < -0.4 is 10.9 Å². The zero-order valence-electron chi connectivity index (χ0n) is 11.2. The Morgan fingerprint density at radius 3 is 3.00 bits per heavy atom. The van der Waals surface area contributed by atoms with Crippen molar-refractivity contribution in [3.8, 4) is 0 Å². The summed E-state index contributed by atoms with van der Waals surface area (Å²) in [4.78, 5) is 15.7. The van der Waals surface area contributed by atoms with Crippen molar-refractivity contribution < 1.29 is 0 Å². The van der Waals surface area contributed by atoms with Crippen LogP contribution in [0.1, 0.15) is 39.5 Å². The molecule has 18 heavy (non-hydrogen) atoms. The van der Waals surface area contributed by atoms with Crippen LogP contribution in [0.25, 0.3) is 0 Å². The molecule has 0 spiro atoms. The van der Waals surface area contributed by atoms with Gasteiger partial charge >= 0.3 is 0 Å². The Bertz CT molecular complexity index is 405. The van der Waals surface area contributed by atoms with E-state index in [-0.39, 0.29) is 5.56 Å². The predicted octanol–water partition coefficient (Wildman–Crippen LogP) is 2.56. The van der Waals surface area contributed by atoms with Crippen molar-refractivity contribution >= 4 is 15.9 Å². The SMILES string of the molecule is CCCCCC(C)NCCn1cncc(Br)c1=O. The van der Waals surface area contributed by atoms with E-state index in [2.05, 4.69) is 40.1 Å². The Morgan fingerprint density at radius 1 is 1.50 bits per heavy atom. The third kappa shape index (κ3) is 5.31. The third-order valence-electron chi connectivity index (χ3n) is 2.95. The molecule has 0 saturated heterocycles. The van der Waals surface area contributed by atoms with Crippen LogP contribution in [0, 0.1) is 0 Å². The van der Waals surface area contributed by atoms with Crippen LogP contribution in [0.2, 0.25) is 0 Å². The van der Waals surface area contributed by atoms with Gasteiger partial charge in [-0.3, -0.25) is 9.36 Å². The maximum Gasteiger partial charge on any atom is 0.267 e.